The Morgan fingerprint density at radius 2 is 1.61 bits per heavy atom. The summed E-state index contributed by atoms with van der Waals surface area (Å²) in [5.41, 5.74) is 0. The van der Waals surface area contributed by atoms with E-state index in [9.17, 15) is 0 Å². The van der Waals surface area contributed by atoms with Gasteiger partial charge in [0.2, 0.25) is 3.79 Å². The van der Waals surface area contributed by atoms with Crippen LogP contribution in [-0.2, 0) is 20.9 Å². The van der Waals surface area contributed by atoms with Crippen LogP contribution in [0.1, 0.15) is 46.0 Å². The smallest absolute Gasteiger partial charge is 0.213 e. The minimum absolute atomic E-state index is 0.00675. The van der Waals surface area contributed by atoms with E-state index in [1.54, 1.807) is 0 Å². The molecule has 1 atom stereocenters. The first-order valence-electron chi connectivity index (χ1n) is 6.28. The molecule has 2 nitrogen and oxygen atoms in total. The van der Waals surface area contributed by atoms with Crippen molar-refractivity contribution in [3.8, 4) is 0 Å². The summed E-state index contributed by atoms with van der Waals surface area (Å²) < 4.78 is 9.91. The molecule has 0 aromatic carbocycles. The molecule has 0 aliphatic rings. The second-order valence-corrected chi connectivity index (χ2v) is 10.5. The number of halogens is 3. The first kappa shape index (κ1) is 19.4. The van der Waals surface area contributed by atoms with Crippen molar-refractivity contribution in [3.05, 3.63) is 0 Å². The van der Waals surface area contributed by atoms with E-state index in [1.807, 2.05) is 0 Å². The molecule has 0 N–H and O–H groups in total. The summed E-state index contributed by atoms with van der Waals surface area (Å²) in [4.78, 5) is 0. The van der Waals surface area contributed by atoms with Gasteiger partial charge in [-0.3, -0.25) is 0 Å². The van der Waals surface area contributed by atoms with Crippen molar-refractivity contribution in [1.82, 2.24) is 0 Å². The zero-order valence-corrected chi connectivity index (χ0v) is 14.9. The number of alkyl halides is 3. The van der Waals surface area contributed by atoms with Gasteiger partial charge in [-0.15, -0.1) is 0 Å². The van der Waals surface area contributed by atoms with Gasteiger partial charge in [0, 0.05) is 6.16 Å². The molecule has 18 heavy (non-hydrogen) atoms. The molecule has 0 saturated carbocycles. The molecule has 0 rings (SSSR count). The summed E-state index contributed by atoms with van der Waals surface area (Å²) >= 11 is 22.5. The normalized spacial score (nSPS) is 15.6. The van der Waals surface area contributed by atoms with Crippen molar-refractivity contribution in [2.24, 2.45) is 0 Å². The Bertz CT molecular complexity index is 245. The van der Waals surface area contributed by atoms with Crippen molar-refractivity contribution < 1.29 is 9.05 Å². The van der Waals surface area contributed by atoms with Crippen molar-refractivity contribution in [2.75, 3.05) is 19.4 Å². The van der Waals surface area contributed by atoms with Crippen LogP contribution in [0.3, 0.4) is 0 Å². The van der Waals surface area contributed by atoms with Gasteiger partial charge >= 0.3 is 0 Å². The third-order valence-electron chi connectivity index (χ3n) is 2.25. The molecule has 0 aromatic rings. The van der Waals surface area contributed by atoms with Crippen LogP contribution >= 0.6 is 41.3 Å². The molecule has 0 aliphatic carbocycles. The van der Waals surface area contributed by atoms with Gasteiger partial charge in [0.15, 0.2) is 6.49 Å². The minimum Gasteiger partial charge on any atom is -0.329 e. The fraction of sp³-hybridized carbons (Fsp3) is 1.00. The number of rotatable bonds is 10. The number of hydrogen-bond donors (Lipinski definition) is 0. The fourth-order valence-corrected chi connectivity index (χ4v) is 4.14. The predicted molar refractivity (Wildman–Crippen MR) is 85.8 cm³/mol. The van der Waals surface area contributed by atoms with Gasteiger partial charge < -0.3 is 9.05 Å². The number of unbranched alkanes of at least 4 members (excludes halogenated alkanes) is 3. The third kappa shape index (κ3) is 11.3. The van der Waals surface area contributed by atoms with Crippen molar-refractivity contribution in [1.29, 1.82) is 0 Å². The molecule has 0 radical (unpaired) electrons. The maximum atomic E-state index is 5.74. The second kappa shape index (κ2) is 10.2. The van der Waals surface area contributed by atoms with E-state index in [-0.39, 0.29) is 6.61 Å². The minimum atomic E-state index is -2.30. The SMILES string of the molecule is CCCCCP(=S)(OCCCC)OCC(Cl)(Cl)Cl. The summed E-state index contributed by atoms with van der Waals surface area (Å²) in [7, 11) is 0. The molecule has 0 aliphatic heterocycles. The van der Waals surface area contributed by atoms with Crippen molar-refractivity contribution >= 4 is 53.1 Å². The molecule has 1 unspecified atom stereocenters. The lowest BCUT2D eigenvalue weighted by Gasteiger charge is -2.24. The highest BCUT2D eigenvalue weighted by molar-refractivity contribution is 8.09. The average molecular weight is 356 g/mol. The second-order valence-electron chi connectivity index (χ2n) is 4.12. The molecule has 0 aromatic heterocycles. The van der Waals surface area contributed by atoms with Crippen LogP contribution in [0.25, 0.3) is 0 Å². The lowest BCUT2D eigenvalue weighted by molar-refractivity contribution is 0.246. The molecule has 0 fully saturated rings. The van der Waals surface area contributed by atoms with Gasteiger partial charge in [0.25, 0.3) is 0 Å². The molecule has 0 heterocycles. The van der Waals surface area contributed by atoms with Crippen LogP contribution in [-0.4, -0.2) is 23.2 Å². The van der Waals surface area contributed by atoms with E-state index >= 15 is 0 Å². The van der Waals surface area contributed by atoms with Crippen LogP contribution in [0.2, 0.25) is 0 Å². The Morgan fingerprint density at radius 3 is 2.11 bits per heavy atom. The van der Waals surface area contributed by atoms with Gasteiger partial charge in [-0.1, -0.05) is 67.9 Å². The summed E-state index contributed by atoms with van der Waals surface area (Å²) in [5.74, 6) is 0. The Morgan fingerprint density at radius 1 is 1.00 bits per heavy atom. The van der Waals surface area contributed by atoms with Gasteiger partial charge in [-0.25, -0.2) is 0 Å². The van der Waals surface area contributed by atoms with Gasteiger partial charge in [0.1, 0.15) is 6.61 Å². The molecular formula is C11H22Cl3O2PS. The number of hydrogen-bond acceptors (Lipinski definition) is 3. The van der Waals surface area contributed by atoms with Gasteiger partial charge in [-0.2, -0.15) is 0 Å². The fourth-order valence-electron chi connectivity index (χ4n) is 1.24. The van der Waals surface area contributed by atoms with Crippen LogP contribution in [0, 0.1) is 0 Å². The molecule has 0 spiro atoms. The summed E-state index contributed by atoms with van der Waals surface area (Å²) in [6.07, 6.45) is 6.04. The highest BCUT2D eigenvalue weighted by atomic mass is 35.6. The largest absolute Gasteiger partial charge is 0.329 e. The van der Waals surface area contributed by atoms with E-state index in [0.717, 1.165) is 38.3 Å². The van der Waals surface area contributed by atoms with Crippen molar-refractivity contribution in [2.45, 2.75) is 49.7 Å². The quantitative estimate of drug-likeness (QED) is 0.285. The first-order valence-corrected chi connectivity index (χ1v) is 10.2. The summed E-state index contributed by atoms with van der Waals surface area (Å²) in [5, 5.41) is 0. The summed E-state index contributed by atoms with van der Waals surface area (Å²) in [6, 6.07) is 0. The molecule has 110 valence electrons. The molecular weight excluding hydrogens is 334 g/mol. The summed E-state index contributed by atoms with van der Waals surface area (Å²) in [6.45, 7) is 2.57. The first-order chi connectivity index (χ1) is 8.33. The zero-order chi connectivity index (χ0) is 14.1. The van der Waals surface area contributed by atoms with Gasteiger partial charge in [0.05, 0.1) is 6.61 Å². The van der Waals surface area contributed by atoms with E-state index in [4.69, 9.17) is 55.7 Å². The van der Waals surface area contributed by atoms with E-state index in [1.165, 1.54) is 0 Å². The van der Waals surface area contributed by atoms with Gasteiger partial charge in [-0.05, 0) is 24.6 Å². The Kier molecular flexibility index (Phi) is 11.0. The van der Waals surface area contributed by atoms with Crippen LogP contribution in [0.15, 0.2) is 0 Å². The van der Waals surface area contributed by atoms with Crippen LogP contribution < -0.4 is 0 Å². The third-order valence-corrected chi connectivity index (χ3v) is 5.72. The van der Waals surface area contributed by atoms with E-state index in [2.05, 4.69) is 13.8 Å². The molecule has 0 saturated heterocycles. The van der Waals surface area contributed by atoms with Crippen molar-refractivity contribution in [3.63, 3.8) is 0 Å². The van der Waals surface area contributed by atoms with Crippen LogP contribution in [0.5, 0.6) is 0 Å². The monoisotopic (exact) mass is 354 g/mol. The van der Waals surface area contributed by atoms with Crippen LogP contribution in [0.4, 0.5) is 0 Å². The maximum absolute atomic E-state index is 5.74. The topological polar surface area (TPSA) is 18.5 Å². The lowest BCUT2D eigenvalue weighted by atomic mass is 10.3. The molecule has 0 amide bonds. The zero-order valence-electron chi connectivity index (χ0n) is 11.0. The molecule has 0 bridgehead atoms. The standard InChI is InChI=1S/C11H22Cl3O2PS/c1-3-5-7-9-17(18,15-8-6-4-2)16-10-11(12,13)14/h3-10H2,1-2H3. The highest BCUT2D eigenvalue weighted by Crippen LogP contribution is 2.51. The maximum Gasteiger partial charge on any atom is 0.213 e. The lowest BCUT2D eigenvalue weighted by Crippen LogP contribution is -2.13. The van der Waals surface area contributed by atoms with E-state index < -0.39 is 10.3 Å². The Balaban J connectivity index is 4.25. The average Bonchev–Trinajstić information content (AvgIpc) is 2.27. The Labute approximate surface area is 131 Å². The van der Waals surface area contributed by atoms with E-state index in [0.29, 0.717) is 6.61 Å². The Hall–Kier alpha value is 1.44. The predicted octanol–water partition coefficient (Wildman–Crippen LogP) is 5.69. The molecule has 7 heteroatoms. The highest BCUT2D eigenvalue weighted by Gasteiger charge is 2.26.